The monoisotopic (exact) mass is 270 g/mol. The molecule has 7 heteroatoms. The van der Waals surface area contributed by atoms with Gasteiger partial charge in [0.15, 0.2) is 9.84 Å². The summed E-state index contributed by atoms with van der Waals surface area (Å²) >= 11 is 0. The van der Waals surface area contributed by atoms with Crippen LogP contribution in [0.1, 0.15) is 13.8 Å². The van der Waals surface area contributed by atoms with Crippen molar-refractivity contribution in [3.63, 3.8) is 0 Å². The summed E-state index contributed by atoms with van der Waals surface area (Å²) in [6, 6.07) is 0.0652. The fourth-order valence-electron chi connectivity index (χ4n) is 1.59. The third kappa shape index (κ3) is 3.61. The summed E-state index contributed by atoms with van der Waals surface area (Å²) in [4.78, 5) is 13.5. The molecule has 1 aliphatic rings. The topological polar surface area (TPSA) is 66.5 Å². The molecule has 1 saturated heterocycles. The Morgan fingerprint density at radius 2 is 2.06 bits per heavy atom. The first-order valence-corrected chi connectivity index (χ1v) is 6.99. The number of piperazine rings is 1. The number of nitrogens with zero attached hydrogens (tertiary/aromatic N) is 1. The Bertz CT molecular complexity index is 345. The highest BCUT2D eigenvalue weighted by Crippen LogP contribution is 2.09. The molecule has 0 aromatic rings. The van der Waals surface area contributed by atoms with Gasteiger partial charge in [0.05, 0.1) is 0 Å². The van der Waals surface area contributed by atoms with E-state index in [1.807, 2.05) is 6.92 Å². The van der Waals surface area contributed by atoms with Crippen LogP contribution in [-0.4, -0.2) is 56.4 Å². The zero-order valence-corrected chi connectivity index (χ0v) is 11.4. The zero-order chi connectivity index (χ0) is 11.6. The lowest BCUT2D eigenvalue weighted by Gasteiger charge is -2.35. The van der Waals surface area contributed by atoms with E-state index >= 15 is 0 Å². The second-order valence-corrected chi connectivity index (χ2v) is 6.42. The van der Waals surface area contributed by atoms with E-state index in [4.69, 9.17) is 0 Å². The first kappa shape index (κ1) is 15.7. The summed E-state index contributed by atoms with van der Waals surface area (Å²) in [5, 5.41) is 2.22. The van der Waals surface area contributed by atoms with Gasteiger partial charge in [-0.25, -0.2) is 8.42 Å². The minimum Gasteiger partial charge on any atom is -0.336 e. The van der Waals surface area contributed by atoms with Crippen molar-refractivity contribution in [3.8, 4) is 0 Å². The molecular formula is C9H19ClN2O3S. The minimum atomic E-state index is -3.29. The van der Waals surface area contributed by atoms with Crippen molar-refractivity contribution in [2.45, 2.75) is 25.1 Å². The number of nitrogens with one attached hydrogen (secondary N) is 1. The maximum absolute atomic E-state index is 11.9. The highest BCUT2D eigenvalue weighted by Gasteiger charge is 2.31. The van der Waals surface area contributed by atoms with Gasteiger partial charge in [0, 0.05) is 31.9 Å². The molecule has 1 heterocycles. The van der Waals surface area contributed by atoms with Crippen molar-refractivity contribution < 1.29 is 13.2 Å². The van der Waals surface area contributed by atoms with Crippen LogP contribution < -0.4 is 5.32 Å². The largest absolute Gasteiger partial charge is 0.336 e. The molecule has 0 aromatic carbocycles. The number of halogens is 1. The Morgan fingerprint density at radius 3 is 2.50 bits per heavy atom. The number of sulfone groups is 1. The van der Waals surface area contributed by atoms with Crippen LogP contribution in [0.25, 0.3) is 0 Å². The molecule has 1 aliphatic heterocycles. The van der Waals surface area contributed by atoms with Crippen LogP contribution in [0.5, 0.6) is 0 Å². The lowest BCUT2D eigenvalue weighted by atomic mass is 10.2. The molecule has 0 spiro atoms. The number of amides is 1. The van der Waals surface area contributed by atoms with Gasteiger partial charge in [-0.15, -0.1) is 12.4 Å². The summed E-state index contributed by atoms with van der Waals surface area (Å²) in [6.45, 7) is 5.40. The van der Waals surface area contributed by atoms with Crippen molar-refractivity contribution in [3.05, 3.63) is 0 Å². The maximum Gasteiger partial charge on any atom is 0.240 e. The van der Waals surface area contributed by atoms with E-state index in [0.29, 0.717) is 6.54 Å². The predicted octanol–water partition coefficient (Wildman–Crippen LogP) is -0.338. The highest BCUT2D eigenvalue weighted by atomic mass is 35.5. The first-order valence-electron chi connectivity index (χ1n) is 5.04. The molecule has 2 unspecified atom stereocenters. The minimum absolute atomic E-state index is 0. The summed E-state index contributed by atoms with van der Waals surface area (Å²) in [5.41, 5.74) is 0. The molecule has 0 aromatic heterocycles. The maximum atomic E-state index is 11.9. The van der Waals surface area contributed by atoms with Crippen LogP contribution in [0.3, 0.4) is 0 Å². The molecule has 1 N–H and O–H groups in total. The van der Waals surface area contributed by atoms with Crippen LogP contribution in [0.2, 0.25) is 0 Å². The lowest BCUT2D eigenvalue weighted by Crippen LogP contribution is -2.55. The molecule has 1 rings (SSSR count). The normalized spacial score (nSPS) is 23.4. The van der Waals surface area contributed by atoms with E-state index in [1.54, 1.807) is 4.90 Å². The Morgan fingerprint density at radius 1 is 1.50 bits per heavy atom. The summed E-state index contributed by atoms with van der Waals surface area (Å²) in [5.74, 6) is -0.286. The van der Waals surface area contributed by atoms with Crippen LogP contribution in [0, 0.1) is 0 Å². The Balaban J connectivity index is 0.00000225. The molecule has 5 nitrogen and oxygen atoms in total. The van der Waals surface area contributed by atoms with Gasteiger partial charge in [0.25, 0.3) is 0 Å². The number of hydrogen-bond donors (Lipinski definition) is 1. The van der Waals surface area contributed by atoms with Gasteiger partial charge < -0.3 is 10.2 Å². The number of carbonyl (C=O) groups is 1. The van der Waals surface area contributed by atoms with Gasteiger partial charge >= 0.3 is 0 Å². The molecular weight excluding hydrogens is 252 g/mol. The Hall–Kier alpha value is -0.330. The third-order valence-electron chi connectivity index (χ3n) is 2.77. The molecule has 0 aliphatic carbocycles. The van der Waals surface area contributed by atoms with Crippen molar-refractivity contribution in [1.29, 1.82) is 0 Å². The highest BCUT2D eigenvalue weighted by molar-refractivity contribution is 7.92. The van der Waals surface area contributed by atoms with E-state index in [2.05, 4.69) is 5.32 Å². The molecule has 96 valence electrons. The van der Waals surface area contributed by atoms with Gasteiger partial charge in [0.1, 0.15) is 5.25 Å². The fourth-order valence-corrected chi connectivity index (χ4v) is 2.09. The predicted molar refractivity (Wildman–Crippen MR) is 65.6 cm³/mol. The lowest BCUT2D eigenvalue weighted by molar-refractivity contribution is -0.133. The zero-order valence-electron chi connectivity index (χ0n) is 9.76. The SMILES string of the molecule is CC1CNCCN1C(=O)C(C)S(C)(=O)=O.Cl. The Labute approximate surface area is 103 Å². The summed E-state index contributed by atoms with van der Waals surface area (Å²) in [7, 11) is -3.29. The van der Waals surface area contributed by atoms with E-state index < -0.39 is 15.1 Å². The number of hydrogen-bond acceptors (Lipinski definition) is 4. The van der Waals surface area contributed by atoms with Gasteiger partial charge in [0.2, 0.25) is 5.91 Å². The number of carbonyl (C=O) groups excluding carboxylic acids is 1. The van der Waals surface area contributed by atoms with E-state index in [0.717, 1.165) is 19.3 Å². The molecule has 1 fully saturated rings. The van der Waals surface area contributed by atoms with E-state index in [9.17, 15) is 13.2 Å². The van der Waals surface area contributed by atoms with Crippen molar-refractivity contribution in [2.75, 3.05) is 25.9 Å². The smallest absolute Gasteiger partial charge is 0.240 e. The summed E-state index contributed by atoms with van der Waals surface area (Å²) in [6.07, 6.45) is 1.10. The van der Waals surface area contributed by atoms with Gasteiger partial charge in [-0.1, -0.05) is 0 Å². The molecule has 16 heavy (non-hydrogen) atoms. The molecule has 0 saturated carbocycles. The van der Waals surface area contributed by atoms with Crippen molar-refractivity contribution in [1.82, 2.24) is 10.2 Å². The van der Waals surface area contributed by atoms with Crippen LogP contribution in [0.4, 0.5) is 0 Å². The Kier molecular flexibility index (Phi) is 5.72. The van der Waals surface area contributed by atoms with Gasteiger partial charge in [-0.2, -0.15) is 0 Å². The second kappa shape index (κ2) is 5.84. The molecule has 0 radical (unpaired) electrons. The summed E-state index contributed by atoms with van der Waals surface area (Å²) < 4.78 is 22.5. The average Bonchev–Trinajstić information content (AvgIpc) is 2.15. The van der Waals surface area contributed by atoms with Crippen molar-refractivity contribution >= 4 is 28.2 Å². The van der Waals surface area contributed by atoms with Gasteiger partial charge in [-0.3, -0.25) is 4.79 Å². The van der Waals surface area contributed by atoms with Crippen LogP contribution >= 0.6 is 12.4 Å². The standard InChI is InChI=1S/C9H18N2O3S.ClH/c1-7-6-10-4-5-11(7)9(12)8(2)15(3,13)14;/h7-8,10H,4-6H2,1-3H3;1H. The molecule has 0 bridgehead atoms. The average molecular weight is 271 g/mol. The van der Waals surface area contributed by atoms with E-state index in [-0.39, 0.29) is 24.4 Å². The second-order valence-electron chi connectivity index (χ2n) is 4.06. The van der Waals surface area contributed by atoms with Crippen LogP contribution in [-0.2, 0) is 14.6 Å². The fraction of sp³-hybridized carbons (Fsp3) is 0.889. The first-order chi connectivity index (χ1) is 6.84. The van der Waals surface area contributed by atoms with E-state index in [1.165, 1.54) is 6.92 Å². The quantitative estimate of drug-likeness (QED) is 0.746. The number of rotatable bonds is 2. The molecule has 2 atom stereocenters. The van der Waals surface area contributed by atoms with Crippen LogP contribution in [0.15, 0.2) is 0 Å². The molecule has 1 amide bonds. The van der Waals surface area contributed by atoms with Gasteiger partial charge in [-0.05, 0) is 13.8 Å². The van der Waals surface area contributed by atoms with Crippen molar-refractivity contribution in [2.24, 2.45) is 0 Å². The third-order valence-corrected chi connectivity index (χ3v) is 4.26.